The first kappa shape index (κ1) is 10.9. The Morgan fingerprint density at radius 2 is 1.86 bits per heavy atom. The summed E-state index contributed by atoms with van der Waals surface area (Å²) in [4.78, 5) is -0.850. The highest BCUT2D eigenvalue weighted by molar-refractivity contribution is 7.80. The minimum Gasteiger partial charge on any atom is -0.204 e. The van der Waals surface area contributed by atoms with E-state index in [4.69, 9.17) is 5.26 Å². The summed E-state index contributed by atoms with van der Waals surface area (Å²) < 4.78 is 49.5. The topological polar surface area (TPSA) is 23.8 Å². The van der Waals surface area contributed by atoms with Gasteiger partial charge in [0.2, 0.25) is 0 Å². The van der Waals surface area contributed by atoms with Gasteiger partial charge < -0.3 is 0 Å². The molecule has 0 aliphatic rings. The van der Waals surface area contributed by atoms with E-state index in [-0.39, 0.29) is 0 Å². The second kappa shape index (κ2) is 3.50. The van der Waals surface area contributed by atoms with Gasteiger partial charge in [-0.05, 0) is 12.1 Å². The van der Waals surface area contributed by atoms with Gasteiger partial charge in [0, 0.05) is 0 Å². The summed E-state index contributed by atoms with van der Waals surface area (Å²) in [5, 5.41) is 8.33. The predicted molar refractivity (Wildman–Crippen MR) is 43.4 cm³/mol. The fourth-order valence-electron chi connectivity index (χ4n) is 0.880. The number of alkyl halides is 3. The average Bonchev–Trinajstić information content (AvgIpc) is 2.07. The van der Waals surface area contributed by atoms with Crippen molar-refractivity contribution in [2.45, 2.75) is 11.1 Å². The Balaban J connectivity index is 3.41. The van der Waals surface area contributed by atoms with Crippen LogP contribution in [0.4, 0.5) is 17.6 Å². The van der Waals surface area contributed by atoms with E-state index in [1.165, 1.54) is 6.07 Å². The first-order valence-corrected chi connectivity index (χ1v) is 3.81. The maximum atomic E-state index is 13.0. The second-order valence-electron chi connectivity index (χ2n) is 2.43. The molecular weight excluding hydrogens is 218 g/mol. The Morgan fingerprint density at radius 1 is 1.29 bits per heavy atom. The third-order valence-corrected chi connectivity index (χ3v) is 1.98. The maximum absolute atomic E-state index is 13.0. The molecule has 74 valence electrons. The van der Waals surface area contributed by atoms with Crippen molar-refractivity contribution in [1.82, 2.24) is 0 Å². The van der Waals surface area contributed by atoms with Crippen molar-refractivity contribution in [3.8, 4) is 6.07 Å². The van der Waals surface area contributed by atoms with Gasteiger partial charge in [0.15, 0.2) is 5.82 Å². The highest BCUT2D eigenvalue weighted by Gasteiger charge is 2.34. The van der Waals surface area contributed by atoms with Gasteiger partial charge in [-0.15, -0.1) is 12.6 Å². The van der Waals surface area contributed by atoms with Crippen molar-refractivity contribution in [2.75, 3.05) is 0 Å². The Bertz CT molecular complexity index is 405. The minimum absolute atomic E-state index is 0.456. The normalized spacial score (nSPS) is 11.1. The van der Waals surface area contributed by atoms with Crippen LogP contribution in [0.2, 0.25) is 0 Å². The molecule has 1 nitrogen and oxygen atoms in total. The summed E-state index contributed by atoms with van der Waals surface area (Å²) in [6.07, 6.45) is -4.66. The van der Waals surface area contributed by atoms with Crippen LogP contribution in [0.3, 0.4) is 0 Å². The summed E-state index contributed by atoms with van der Waals surface area (Å²) >= 11 is 3.38. The average molecular weight is 221 g/mol. The van der Waals surface area contributed by atoms with E-state index in [1.807, 2.05) is 0 Å². The van der Waals surface area contributed by atoms with E-state index < -0.39 is 28.0 Å². The number of rotatable bonds is 0. The van der Waals surface area contributed by atoms with Gasteiger partial charge in [-0.2, -0.15) is 18.4 Å². The number of benzene rings is 1. The Morgan fingerprint density at radius 3 is 2.29 bits per heavy atom. The number of halogens is 4. The van der Waals surface area contributed by atoms with Crippen LogP contribution < -0.4 is 0 Å². The van der Waals surface area contributed by atoms with Crippen molar-refractivity contribution < 1.29 is 17.6 Å². The molecular formula is C8H3F4NS. The Labute approximate surface area is 82.4 Å². The van der Waals surface area contributed by atoms with Gasteiger partial charge in [-0.1, -0.05) is 0 Å². The van der Waals surface area contributed by atoms with E-state index in [0.29, 0.717) is 6.07 Å². The molecule has 0 unspecified atom stereocenters. The number of nitrogens with zero attached hydrogens (tertiary/aromatic N) is 1. The van der Waals surface area contributed by atoms with E-state index in [9.17, 15) is 17.6 Å². The molecule has 0 bridgehead atoms. The molecule has 1 aromatic carbocycles. The van der Waals surface area contributed by atoms with E-state index in [2.05, 4.69) is 12.6 Å². The van der Waals surface area contributed by atoms with Gasteiger partial charge in [-0.3, -0.25) is 0 Å². The largest absolute Gasteiger partial charge is 0.417 e. The van der Waals surface area contributed by atoms with Crippen LogP contribution in [-0.2, 0) is 6.18 Å². The minimum atomic E-state index is -4.66. The summed E-state index contributed by atoms with van der Waals surface area (Å²) in [6.45, 7) is 0. The molecule has 0 spiro atoms. The summed E-state index contributed by atoms with van der Waals surface area (Å²) in [5.74, 6) is -1.24. The maximum Gasteiger partial charge on any atom is 0.417 e. The van der Waals surface area contributed by atoms with Gasteiger partial charge >= 0.3 is 6.18 Å². The van der Waals surface area contributed by atoms with Crippen LogP contribution in [0, 0.1) is 17.1 Å². The van der Waals surface area contributed by atoms with Gasteiger partial charge in [-0.25, -0.2) is 4.39 Å². The van der Waals surface area contributed by atoms with Crippen LogP contribution >= 0.6 is 12.6 Å². The monoisotopic (exact) mass is 221 g/mol. The fraction of sp³-hybridized carbons (Fsp3) is 0.125. The molecule has 14 heavy (non-hydrogen) atoms. The number of nitriles is 1. The van der Waals surface area contributed by atoms with Gasteiger partial charge in [0.1, 0.15) is 6.07 Å². The summed E-state index contributed by atoms with van der Waals surface area (Å²) in [6, 6.07) is 2.83. The third kappa shape index (κ3) is 1.82. The lowest BCUT2D eigenvalue weighted by molar-refractivity contribution is -0.140. The number of hydrogen-bond donors (Lipinski definition) is 1. The molecule has 0 aliphatic heterocycles. The van der Waals surface area contributed by atoms with E-state index >= 15 is 0 Å². The number of thiol groups is 1. The standard InChI is InChI=1S/C8H3F4NS/c9-6-4(3-13)1-2-5(7(6)14)8(10,11)12/h1-2,14H. The molecule has 0 N–H and O–H groups in total. The summed E-state index contributed by atoms with van der Waals surface area (Å²) in [5.41, 5.74) is -1.64. The quantitative estimate of drug-likeness (QED) is 0.528. The molecule has 0 saturated carbocycles. The lowest BCUT2D eigenvalue weighted by Gasteiger charge is -2.09. The van der Waals surface area contributed by atoms with Crippen molar-refractivity contribution in [3.05, 3.63) is 29.1 Å². The molecule has 6 heteroatoms. The zero-order valence-corrected chi connectivity index (χ0v) is 7.46. The molecule has 1 aromatic rings. The van der Waals surface area contributed by atoms with Crippen molar-refractivity contribution in [1.29, 1.82) is 5.26 Å². The molecule has 0 heterocycles. The highest BCUT2D eigenvalue weighted by atomic mass is 32.1. The zero-order chi connectivity index (χ0) is 10.9. The Hall–Kier alpha value is -1.22. The van der Waals surface area contributed by atoms with Crippen LogP contribution in [0.25, 0.3) is 0 Å². The third-order valence-electron chi connectivity index (χ3n) is 1.54. The predicted octanol–water partition coefficient (Wildman–Crippen LogP) is 3.00. The second-order valence-corrected chi connectivity index (χ2v) is 2.88. The molecule has 0 aliphatic carbocycles. The molecule has 0 aromatic heterocycles. The van der Waals surface area contributed by atoms with Gasteiger partial charge in [0.05, 0.1) is 16.0 Å². The first-order chi connectivity index (χ1) is 6.38. The molecule has 0 radical (unpaired) electrons. The molecule has 0 atom stereocenters. The van der Waals surface area contributed by atoms with Crippen LogP contribution in [0.1, 0.15) is 11.1 Å². The summed E-state index contributed by atoms with van der Waals surface area (Å²) in [7, 11) is 0. The van der Waals surface area contributed by atoms with Crippen molar-refractivity contribution >= 4 is 12.6 Å². The highest BCUT2D eigenvalue weighted by Crippen LogP contribution is 2.35. The smallest absolute Gasteiger partial charge is 0.204 e. The van der Waals surface area contributed by atoms with Crippen molar-refractivity contribution in [2.24, 2.45) is 0 Å². The fourth-order valence-corrected chi connectivity index (χ4v) is 1.20. The number of hydrogen-bond acceptors (Lipinski definition) is 2. The lowest BCUT2D eigenvalue weighted by atomic mass is 10.1. The van der Waals surface area contributed by atoms with E-state index in [1.54, 1.807) is 0 Å². The molecule has 0 amide bonds. The van der Waals surface area contributed by atoms with E-state index in [0.717, 1.165) is 6.07 Å². The molecule has 1 rings (SSSR count). The SMILES string of the molecule is N#Cc1ccc(C(F)(F)F)c(S)c1F. The first-order valence-electron chi connectivity index (χ1n) is 3.36. The van der Waals surface area contributed by atoms with Crippen molar-refractivity contribution in [3.63, 3.8) is 0 Å². The molecule has 0 saturated heterocycles. The van der Waals surface area contributed by atoms with Crippen LogP contribution in [0.15, 0.2) is 17.0 Å². The Kier molecular flexibility index (Phi) is 2.71. The van der Waals surface area contributed by atoms with Crippen LogP contribution in [-0.4, -0.2) is 0 Å². The lowest BCUT2D eigenvalue weighted by Crippen LogP contribution is -2.07. The van der Waals surface area contributed by atoms with Crippen LogP contribution in [0.5, 0.6) is 0 Å². The molecule has 0 fully saturated rings. The zero-order valence-electron chi connectivity index (χ0n) is 6.56. The van der Waals surface area contributed by atoms with Gasteiger partial charge in [0.25, 0.3) is 0 Å².